The van der Waals surface area contributed by atoms with Crippen LogP contribution >= 0.6 is 0 Å². The van der Waals surface area contributed by atoms with Gasteiger partial charge in [-0.05, 0) is 45.0 Å². The number of sulfone groups is 1. The SMILES string of the molecule is C[C@H](c1ccc(F)cc1)N(C)CC(=O)N[C@]1(C)CCS(=O)(=O)C1. The number of nitrogens with one attached hydrogen (secondary N) is 1. The third kappa shape index (κ3) is 4.75. The van der Waals surface area contributed by atoms with Crippen molar-refractivity contribution in [2.45, 2.75) is 31.8 Å². The molecule has 2 rings (SSSR count). The van der Waals surface area contributed by atoms with E-state index in [4.69, 9.17) is 0 Å². The molecular formula is C16H23FN2O3S. The number of amides is 1. The fourth-order valence-electron chi connectivity index (χ4n) is 2.84. The Kier molecular flexibility index (Phi) is 5.10. The van der Waals surface area contributed by atoms with E-state index in [1.807, 2.05) is 11.8 Å². The second-order valence-corrected chi connectivity index (χ2v) is 8.78. The lowest BCUT2D eigenvalue weighted by atomic mass is 10.0. The number of rotatable bonds is 5. The summed E-state index contributed by atoms with van der Waals surface area (Å²) in [5.74, 6) is -0.396. The van der Waals surface area contributed by atoms with Crippen molar-refractivity contribution in [2.75, 3.05) is 25.1 Å². The molecule has 128 valence electrons. The Morgan fingerprint density at radius 1 is 1.39 bits per heavy atom. The Morgan fingerprint density at radius 2 is 2.00 bits per heavy atom. The van der Waals surface area contributed by atoms with Crippen LogP contribution in [-0.4, -0.2) is 49.9 Å². The van der Waals surface area contributed by atoms with Crippen LogP contribution in [0.5, 0.6) is 0 Å². The molecule has 1 saturated heterocycles. The topological polar surface area (TPSA) is 66.5 Å². The molecule has 1 aromatic carbocycles. The van der Waals surface area contributed by atoms with Gasteiger partial charge in [0.2, 0.25) is 5.91 Å². The zero-order valence-electron chi connectivity index (χ0n) is 13.7. The zero-order chi connectivity index (χ0) is 17.3. The first-order chi connectivity index (χ1) is 10.6. The minimum Gasteiger partial charge on any atom is -0.349 e. The molecule has 0 bridgehead atoms. The van der Waals surface area contributed by atoms with Gasteiger partial charge in [-0.3, -0.25) is 9.69 Å². The minimum atomic E-state index is -3.06. The predicted molar refractivity (Wildman–Crippen MR) is 87.3 cm³/mol. The second kappa shape index (κ2) is 6.57. The van der Waals surface area contributed by atoms with E-state index in [2.05, 4.69) is 5.32 Å². The highest BCUT2D eigenvalue weighted by molar-refractivity contribution is 7.91. The van der Waals surface area contributed by atoms with Crippen LogP contribution in [0.25, 0.3) is 0 Å². The Morgan fingerprint density at radius 3 is 2.52 bits per heavy atom. The predicted octanol–water partition coefficient (Wildman–Crippen LogP) is 1.51. The first-order valence-corrected chi connectivity index (χ1v) is 9.39. The standard InChI is InChI=1S/C16H23FN2O3S/c1-12(13-4-6-14(17)7-5-13)19(3)10-15(20)18-16(2)8-9-23(21,22)11-16/h4-7,12H,8-11H2,1-3H3,(H,18,20)/t12-,16-/m1/s1. The van der Waals surface area contributed by atoms with Crippen molar-refractivity contribution in [3.05, 3.63) is 35.6 Å². The summed E-state index contributed by atoms with van der Waals surface area (Å²) in [6, 6.07) is 6.12. The van der Waals surface area contributed by atoms with E-state index in [0.717, 1.165) is 5.56 Å². The lowest BCUT2D eigenvalue weighted by molar-refractivity contribution is -0.123. The van der Waals surface area contributed by atoms with Gasteiger partial charge in [0.25, 0.3) is 0 Å². The van der Waals surface area contributed by atoms with Crippen LogP contribution in [0.2, 0.25) is 0 Å². The molecule has 0 radical (unpaired) electrons. The number of benzene rings is 1. The number of nitrogens with zero attached hydrogens (tertiary/aromatic N) is 1. The molecule has 0 aliphatic carbocycles. The molecule has 5 nitrogen and oxygen atoms in total. The molecule has 1 aliphatic heterocycles. The summed E-state index contributed by atoms with van der Waals surface area (Å²) < 4.78 is 36.1. The Labute approximate surface area is 136 Å². The van der Waals surface area contributed by atoms with Crippen LogP contribution in [0, 0.1) is 5.82 Å². The van der Waals surface area contributed by atoms with Crippen LogP contribution in [-0.2, 0) is 14.6 Å². The first kappa shape index (κ1) is 17.9. The van der Waals surface area contributed by atoms with Gasteiger partial charge >= 0.3 is 0 Å². The van der Waals surface area contributed by atoms with Crippen LogP contribution in [0.3, 0.4) is 0 Å². The number of carbonyl (C=O) groups is 1. The first-order valence-electron chi connectivity index (χ1n) is 7.57. The fraction of sp³-hybridized carbons (Fsp3) is 0.562. The summed E-state index contributed by atoms with van der Waals surface area (Å²) in [5.41, 5.74) is 0.229. The molecular weight excluding hydrogens is 319 g/mol. The highest BCUT2D eigenvalue weighted by atomic mass is 32.2. The van der Waals surface area contributed by atoms with Crippen molar-refractivity contribution < 1.29 is 17.6 Å². The van der Waals surface area contributed by atoms with Crippen molar-refractivity contribution in [3.63, 3.8) is 0 Å². The highest BCUT2D eigenvalue weighted by Gasteiger charge is 2.39. The third-order valence-electron chi connectivity index (χ3n) is 4.35. The Bertz CT molecular complexity index is 675. The molecule has 0 saturated carbocycles. The van der Waals surface area contributed by atoms with E-state index in [1.54, 1.807) is 26.1 Å². The van der Waals surface area contributed by atoms with Gasteiger partial charge in [-0.15, -0.1) is 0 Å². The molecule has 1 amide bonds. The zero-order valence-corrected chi connectivity index (χ0v) is 14.5. The Hall–Kier alpha value is -1.47. The summed E-state index contributed by atoms with van der Waals surface area (Å²) in [5, 5.41) is 2.84. The summed E-state index contributed by atoms with van der Waals surface area (Å²) in [7, 11) is -1.25. The average molecular weight is 342 g/mol. The average Bonchev–Trinajstić information content (AvgIpc) is 2.72. The van der Waals surface area contributed by atoms with E-state index < -0.39 is 15.4 Å². The van der Waals surface area contributed by atoms with Crippen LogP contribution < -0.4 is 5.32 Å². The van der Waals surface area contributed by atoms with Crippen molar-refractivity contribution in [1.29, 1.82) is 0 Å². The van der Waals surface area contributed by atoms with Crippen LogP contribution in [0.15, 0.2) is 24.3 Å². The van der Waals surface area contributed by atoms with E-state index in [0.29, 0.717) is 6.42 Å². The maximum atomic E-state index is 13.0. The van der Waals surface area contributed by atoms with Gasteiger partial charge < -0.3 is 5.32 Å². The van der Waals surface area contributed by atoms with Gasteiger partial charge in [0.05, 0.1) is 23.6 Å². The third-order valence-corrected chi connectivity index (χ3v) is 6.25. The highest BCUT2D eigenvalue weighted by Crippen LogP contribution is 2.23. The number of hydrogen-bond donors (Lipinski definition) is 1. The molecule has 2 atom stereocenters. The summed E-state index contributed by atoms with van der Waals surface area (Å²) >= 11 is 0. The summed E-state index contributed by atoms with van der Waals surface area (Å²) in [6.45, 7) is 3.84. The van der Waals surface area contributed by atoms with Gasteiger partial charge in [-0.1, -0.05) is 12.1 Å². The largest absolute Gasteiger partial charge is 0.349 e. The quantitative estimate of drug-likeness (QED) is 0.881. The molecule has 0 spiro atoms. The molecule has 23 heavy (non-hydrogen) atoms. The van der Waals surface area contributed by atoms with Crippen molar-refractivity contribution in [2.24, 2.45) is 0 Å². The van der Waals surface area contributed by atoms with Crippen molar-refractivity contribution in [1.82, 2.24) is 10.2 Å². The maximum Gasteiger partial charge on any atom is 0.234 e. The smallest absolute Gasteiger partial charge is 0.234 e. The van der Waals surface area contributed by atoms with E-state index in [9.17, 15) is 17.6 Å². The Balaban J connectivity index is 1.93. The molecule has 7 heteroatoms. The molecule has 1 fully saturated rings. The minimum absolute atomic E-state index is 0.0109. The van der Waals surface area contributed by atoms with E-state index >= 15 is 0 Å². The van der Waals surface area contributed by atoms with Crippen LogP contribution in [0.4, 0.5) is 4.39 Å². The lowest BCUT2D eigenvalue weighted by Crippen LogP contribution is -2.50. The number of likely N-dealkylation sites (N-methyl/N-ethyl adjacent to an activating group) is 1. The van der Waals surface area contributed by atoms with E-state index in [1.165, 1.54) is 12.1 Å². The van der Waals surface area contributed by atoms with E-state index in [-0.39, 0.29) is 35.8 Å². The maximum absolute atomic E-state index is 13.0. The van der Waals surface area contributed by atoms with Gasteiger partial charge in [0.1, 0.15) is 5.82 Å². The molecule has 1 heterocycles. The second-order valence-electron chi connectivity index (χ2n) is 6.59. The van der Waals surface area contributed by atoms with Gasteiger partial charge in [-0.2, -0.15) is 0 Å². The van der Waals surface area contributed by atoms with Crippen molar-refractivity contribution in [3.8, 4) is 0 Å². The monoisotopic (exact) mass is 342 g/mol. The normalized spacial score (nSPS) is 24.6. The molecule has 0 aromatic heterocycles. The van der Waals surface area contributed by atoms with Crippen LogP contribution in [0.1, 0.15) is 31.9 Å². The number of hydrogen-bond acceptors (Lipinski definition) is 4. The number of halogens is 1. The fourth-order valence-corrected chi connectivity index (χ4v) is 4.94. The van der Waals surface area contributed by atoms with Crippen molar-refractivity contribution >= 4 is 15.7 Å². The molecule has 1 aromatic rings. The lowest BCUT2D eigenvalue weighted by Gasteiger charge is -2.28. The van der Waals surface area contributed by atoms with Gasteiger partial charge in [0, 0.05) is 6.04 Å². The van der Waals surface area contributed by atoms with Gasteiger partial charge in [0.15, 0.2) is 9.84 Å². The summed E-state index contributed by atoms with van der Waals surface area (Å²) in [4.78, 5) is 14.1. The summed E-state index contributed by atoms with van der Waals surface area (Å²) in [6.07, 6.45) is 0.443. The molecule has 0 unspecified atom stereocenters. The van der Waals surface area contributed by atoms with Gasteiger partial charge in [-0.25, -0.2) is 12.8 Å². The molecule has 1 aliphatic rings. The molecule has 1 N–H and O–H groups in total. The number of carbonyl (C=O) groups excluding carboxylic acids is 1.